The number of fused-ring (bicyclic) bond motifs is 16. The van der Waals surface area contributed by atoms with Gasteiger partial charge in [0.15, 0.2) is 13.9 Å². The number of nitrogens with zero attached hydrogens (tertiary/aromatic N) is 7. The zero-order chi connectivity index (χ0) is 37.2. The molecule has 8 heteroatoms. The van der Waals surface area contributed by atoms with Gasteiger partial charge in [-0.15, -0.1) is 0 Å². The first kappa shape index (κ1) is 30.7. The molecule has 0 fully saturated rings. The zero-order valence-electron chi connectivity index (χ0n) is 30.4. The summed E-state index contributed by atoms with van der Waals surface area (Å²) < 4.78 is 4.15. The minimum Gasteiger partial charge on any atom is -0.278 e. The van der Waals surface area contributed by atoms with E-state index in [1.54, 1.807) is 0 Å². The summed E-state index contributed by atoms with van der Waals surface area (Å²) in [6.45, 7) is 0. The lowest BCUT2D eigenvalue weighted by Gasteiger charge is -2.28. The van der Waals surface area contributed by atoms with E-state index in [0.717, 1.165) is 49.4 Å². The molecule has 2 aliphatic rings. The topological polar surface area (TPSA) is 74.3 Å². The van der Waals surface area contributed by atoms with Crippen molar-refractivity contribution in [2.24, 2.45) is 0 Å². The van der Waals surface area contributed by atoms with Crippen LogP contribution in [0.15, 0.2) is 176 Å². The number of aromatic nitrogens is 7. The number of benzene rings is 6. The molecule has 0 bridgehead atoms. The normalized spacial score (nSPS) is 13.4. The van der Waals surface area contributed by atoms with Crippen molar-refractivity contribution in [1.82, 2.24) is 34.1 Å². The van der Waals surface area contributed by atoms with Crippen LogP contribution < -0.4 is 20.7 Å². The molecule has 7 nitrogen and oxygen atoms in total. The van der Waals surface area contributed by atoms with Crippen molar-refractivity contribution < 1.29 is 0 Å². The predicted octanol–water partition coefficient (Wildman–Crippen LogP) is 7.86. The number of hydrogen-bond acceptors (Lipinski definition) is 5. The van der Waals surface area contributed by atoms with Crippen LogP contribution in [-0.4, -0.2) is 42.1 Å². The number of hydrogen-bond donors (Lipinski definition) is 0. The summed E-state index contributed by atoms with van der Waals surface area (Å²) in [5, 5.41) is 9.90. The molecule has 0 saturated heterocycles. The summed E-state index contributed by atoms with van der Waals surface area (Å²) in [4.78, 5) is 25.8. The molecule has 2 aliphatic heterocycles. The van der Waals surface area contributed by atoms with E-state index in [4.69, 9.17) is 24.9 Å². The molecule has 0 atom stereocenters. The first-order valence-electron chi connectivity index (χ1n) is 19.2. The molecule has 0 saturated carbocycles. The van der Waals surface area contributed by atoms with Gasteiger partial charge >= 0.3 is 0 Å². The fourth-order valence-corrected chi connectivity index (χ4v) is 15.6. The summed E-state index contributed by atoms with van der Waals surface area (Å²) in [5.74, 6) is 1.57. The second-order valence-corrected chi connectivity index (χ2v) is 18.5. The van der Waals surface area contributed by atoms with E-state index >= 15 is 0 Å². The molecule has 0 amide bonds. The highest BCUT2D eigenvalue weighted by Crippen LogP contribution is 2.38. The van der Waals surface area contributed by atoms with Gasteiger partial charge in [-0.3, -0.25) is 4.57 Å². The van der Waals surface area contributed by atoms with Crippen LogP contribution in [0.25, 0.3) is 89.4 Å². The molecule has 13 rings (SSSR count). The monoisotopic (exact) mass is 743 g/mol. The van der Waals surface area contributed by atoms with Gasteiger partial charge in [-0.25, -0.2) is 14.5 Å². The van der Waals surface area contributed by atoms with Crippen molar-refractivity contribution in [3.63, 3.8) is 0 Å². The van der Waals surface area contributed by atoms with Gasteiger partial charge in [0.1, 0.15) is 11.3 Å². The van der Waals surface area contributed by atoms with Crippen molar-refractivity contribution in [3.8, 4) is 45.5 Å². The minimum absolute atomic E-state index is 0.460. The SMILES string of the molecule is c1ccc2c(c1)-c1ccccc1[Si]21c2ccccc2-c2ccc(-c3nc(-n4c5ccccc5c5ccccc54)nc(-n4c5ncccc5c5cccnc54)n3)cc21. The van der Waals surface area contributed by atoms with E-state index in [1.807, 2.05) is 29.1 Å². The van der Waals surface area contributed by atoms with Crippen molar-refractivity contribution in [2.45, 2.75) is 0 Å². The second kappa shape index (κ2) is 11.3. The molecule has 6 aromatic carbocycles. The molecular formula is C49H29N7Si. The Balaban J connectivity index is 1.13. The average molecular weight is 744 g/mol. The van der Waals surface area contributed by atoms with E-state index in [2.05, 4.69) is 156 Å². The van der Waals surface area contributed by atoms with Crippen LogP contribution >= 0.6 is 0 Å². The molecule has 57 heavy (non-hydrogen) atoms. The number of rotatable bonds is 3. The number of para-hydroxylation sites is 2. The van der Waals surface area contributed by atoms with Crippen LogP contribution in [0.5, 0.6) is 0 Å². The van der Waals surface area contributed by atoms with E-state index in [1.165, 1.54) is 43.0 Å². The molecule has 11 aromatic rings. The molecule has 0 radical (unpaired) electrons. The van der Waals surface area contributed by atoms with Crippen LogP contribution in [0.3, 0.4) is 0 Å². The lowest BCUT2D eigenvalue weighted by atomic mass is 10.0. The van der Waals surface area contributed by atoms with Crippen LogP contribution in [0.2, 0.25) is 0 Å². The molecule has 1 spiro atoms. The Bertz CT molecular complexity index is 3210. The highest BCUT2D eigenvalue weighted by molar-refractivity contribution is 7.24. The Morgan fingerprint density at radius 2 is 0.825 bits per heavy atom. The van der Waals surface area contributed by atoms with Crippen molar-refractivity contribution in [2.75, 3.05) is 0 Å². The van der Waals surface area contributed by atoms with Gasteiger partial charge in [-0.05, 0) is 79.4 Å². The van der Waals surface area contributed by atoms with Gasteiger partial charge in [0.25, 0.3) is 0 Å². The highest BCUT2D eigenvalue weighted by atomic mass is 28.3. The maximum absolute atomic E-state index is 5.40. The third-order valence-corrected chi connectivity index (χ3v) is 17.1. The third kappa shape index (κ3) is 3.96. The van der Waals surface area contributed by atoms with E-state index in [-0.39, 0.29) is 0 Å². The van der Waals surface area contributed by atoms with E-state index < -0.39 is 8.07 Å². The largest absolute Gasteiger partial charge is 0.278 e. The van der Waals surface area contributed by atoms with Gasteiger partial charge in [0.05, 0.1) is 11.0 Å². The molecule has 0 aliphatic carbocycles. The Morgan fingerprint density at radius 1 is 0.368 bits per heavy atom. The fourth-order valence-electron chi connectivity index (χ4n) is 9.92. The van der Waals surface area contributed by atoms with Gasteiger partial charge in [-0.2, -0.15) is 15.0 Å². The predicted molar refractivity (Wildman–Crippen MR) is 231 cm³/mol. The lowest BCUT2D eigenvalue weighted by Crippen LogP contribution is -2.70. The van der Waals surface area contributed by atoms with E-state index in [9.17, 15) is 0 Å². The summed E-state index contributed by atoms with van der Waals surface area (Å²) in [5.41, 5.74) is 9.71. The van der Waals surface area contributed by atoms with Crippen molar-refractivity contribution in [3.05, 3.63) is 176 Å². The van der Waals surface area contributed by atoms with Gasteiger partial charge < -0.3 is 0 Å². The van der Waals surface area contributed by atoms with Crippen molar-refractivity contribution in [1.29, 1.82) is 0 Å². The molecule has 5 aromatic heterocycles. The maximum Gasteiger partial charge on any atom is 0.242 e. The van der Waals surface area contributed by atoms with Gasteiger partial charge in [-0.1, -0.05) is 127 Å². The maximum atomic E-state index is 5.40. The molecule has 264 valence electrons. The smallest absolute Gasteiger partial charge is 0.242 e. The molecule has 7 heterocycles. The third-order valence-electron chi connectivity index (χ3n) is 12.1. The van der Waals surface area contributed by atoms with Gasteiger partial charge in [0, 0.05) is 39.5 Å². The van der Waals surface area contributed by atoms with Crippen LogP contribution in [-0.2, 0) is 0 Å². The minimum atomic E-state index is -2.70. The Labute approximate surface area is 327 Å². The van der Waals surface area contributed by atoms with Crippen LogP contribution in [0, 0.1) is 0 Å². The summed E-state index contributed by atoms with van der Waals surface area (Å²) in [6.07, 6.45) is 3.63. The van der Waals surface area contributed by atoms with E-state index in [0.29, 0.717) is 17.7 Å². The van der Waals surface area contributed by atoms with Crippen LogP contribution in [0.1, 0.15) is 0 Å². The average Bonchev–Trinajstić information content (AvgIpc) is 3.98. The summed E-state index contributed by atoms with van der Waals surface area (Å²) in [6, 6.07) is 59.0. The first-order chi connectivity index (χ1) is 28.3. The molecule has 0 unspecified atom stereocenters. The first-order valence-corrected chi connectivity index (χ1v) is 21.2. The van der Waals surface area contributed by atoms with Crippen molar-refractivity contribution >= 4 is 72.7 Å². The standard InChI is InChI=1S/C49H29N7Si/c1-6-20-39-31(13-1)32-14-2-7-21-40(32)55(39)48-52-45(53-49(54-48)56-46-37(18-11-27-50-46)38-19-12-28-51-47(38)56)30-25-26-36-35-17-5-10-24-43(35)57(44(36)29-30)41-22-8-3-15-33(41)34-16-4-9-23-42(34)57/h1-29H. The summed E-state index contributed by atoms with van der Waals surface area (Å²) >= 11 is 0. The van der Waals surface area contributed by atoms with Gasteiger partial charge in [0.2, 0.25) is 11.9 Å². The number of pyridine rings is 2. The Hall–Kier alpha value is -7.55. The quantitative estimate of drug-likeness (QED) is 0.172. The molecular weight excluding hydrogens is 715 g/mol. The zero-order valence-corrected chi connectivity index (χ0v) is 31.4. The Morgan fingerprint density at radius 3 is 1.39 bits per heavy atom. The Kier molecular flexibility index (Phi) is 6.07. The fraction of sp³-hybridized carbons (Fsp3) is 0. The second-order valence-electron chi connectivity index (χ2n) is 14.9. The summed E-state index contributed by atoms with van der Waals surface area (Å²) in [7, 11) is -2.70. The lowest BCUT2D eigenvalue weighted by molar-refractivity contribution is 0.883. The van der Waals surface area contributed by atoms with Crippen LogP contribution in [0.4, 0.5) is 0 Å². The highest BCUT2D eigenvalue weighted by Gasteiger charge is 2.53. The molecule has 0 N–H and O–H groups in total.